The highest BCUT2D eigenvalue weighted by Gasteiger charge is 2.11. The minimum atomic E-state index is -0.324. The molecule has 0 saturated carbocycles. The molecule has 0 heterocycles. The monoisotopic (exact) mass is 354 g/mol. The lowest BCUT2D eigenvalue weighted by molar-refractivity contribution is 0.0947. The number of nitrogens with one attached hydrogen (secondary N) is 2. The van der Waals surface area contributed by atoms with Crippen molar-refractivity contribution in [3.8, 4) is 0 Å². The number of Topliss-reactive ketones (excluding diaryl/α,β-unsaturated/α-hetero) is 1. The minimum Gasteiger partial charge on any atom is -0.385 e. The maximum Gasteiger partial charge on any atom is 0.255 e. The summed E-state index contributed by atoms with van der Waals surface area (Å²) in [7, 11) is 1.61. The highest BCUT2D eigenvalue weighted by molar-refractivity contribution is 6.06. The van der Waals surface area contributed by atoms with Gasteiger partial charge in [-0.2, -0.15) is 0 Å². The summed E-state index contributed by atoms with van der Waals surface area (Å²) in [5, 5.41) is 5.54. The van der Waals surface area contributed by atoms with Crippen molar-refractivity contribution in [1.82, 2.24) is 5.32 Å². The molecule has 2 amide bonds. The van der Waals surface area contributed by atoms with Gasteiger partial charge in [0.2, 0.25) is 0 Å². The molecular weight excluding hydrogens is 332 g/mol. The topological polar surface area (TPSA) is 84.5 Å². The second-order valence-electron chi connectivity index (χ2n) is 5.77. The van der Waals surface area contributed by atoms with Gasteiger partial charge < -0.3 is 15.4 Å². The van der Waals surface area contributed by atoms with Gasteiger partial charge in [-0.25, -0.2) is 0 Å². The zero-order valence-electron chi connectivity index (χ0n) is 14.9. The zero-order chi connectivity index (χ0) is 18.9. The number of methoxy groups -OCH3 is 1. The molecule has 2 N–H and O–H groups in total. The van der Waals surface area contributed by atoms with Crippen LogP contribution in [0.5, 0.6) is 0 Å². The SMILES string of the molecule is COCCCNC(=O)c1cccc(C(=O)Nc2ccc(C(C)=O)cc2)c1. The number of rotatable bonds is 8. The van der Waals surface area contributed by atoms with E-state index in [0.29, 0.717) is 35.5 Å². The van der Waals surface area contributed by atoms with Gasteiger partial charge in [0.05, 0.1) is 0 Å². The maximum atomic E-state index is 12.4. The first-order valence-corrected chi connectivity index (χ1v) is 8.31. The van der Waals surface area contributed by atoms with E-state index in [0.717, 1.165) is 6.42 Å². The van der Waals surface area contributed by atoms with Crippen molar-refractivity contribution in [3.05, 3.63) is 65.2 Å². The van der Waals surface area contributed by atoms with Crippen molar-refractivity contribution in [2.24, 2.45) is 0 Å². The average Bonchev–Trinajstić information content (AvgIpc) is 2.65. The molecule has 2 rings (SSSR count). The van der Waals surface area contributed by atoms with Gasteiger partial charge in [-0.3, -0.25) is 14.4 Å². The molecule has 0 aliphatic heterocycles. The molecule has 0 atom stereocenters. The fraction of sp³-hybridized carbons (Fsp3) is 0.250. The molecule has 0 aliphatic rings. The number of ether oxygens (including phenoxy) is 1. The minimum absolute atomic E-state index is 0.0351. The molecule has 0 aromatic heterocycles. The van der Waals surface area contributed by atoms with E-state index in [4.69, 9.17) is 4.74 Å². The Labute approximate surface area is 152 Å². The summed E-state index contributed by atoms with van der Waals surface area (Å²) < 4.78 is 4.93. The Kier molecular flexibility index (Phi) is 7.05. The van der Waals surface area contributed by atoms with Crippen LogP contribution < -0.4 is 10.6 Å². The van der Waals surface area contributed by atoms with Crippen LogP contribution in [0.1, 0.15) is 44.4 Å². The molecule has 6 heteroatoms. The molecule has 0 radical (unpaired) electrons. The third-order valence-corrected chi connectivity index (χ3v) is 3.75. The van der Waals surface area contributed by atoms with Crippen LogP contribution in [-0.4, -0.2) is 37.9 Å². The van der Waals surface area contributed by atoms with Gasteiger partial charge >= 0.3 is 0 Å². The number of amides is 2. The molecule has 2 aromatic rings. The molecule has 26 heavy (non-hydrogen) atoms. The normalized spacial score (nSPS) is 10.2. The number of carbonyl (C=O) groups excluding carboxylic acids is 3. The molecule has 0 aliphatic carbocycles. The van der Waals surface area contributed by atoms with Crippen LogP contribution in [0, 0.1) is 0 Å². The van der Waals surface area contributed by atoms with Crippen LogP contribution in [0.25, 0.3) is 0 Å². The lowest BCUT2D eigenvalue weighted by Gasteiger charge is -2.08. The summed E-state index contributed by atoms with van der Waals surface area (Å²) in [5.74, 6) is -0.594. The number of benzene rings is 2. The Balaban J connectivity index is 2.00. The Hall–Kier alpha value is -2.99. The Morgan fingerprint density at radius 2 is 1.58 bits per heavy atom. The molecule has 0 unspecified atom stereocenters. The summed E-state index contributed by atoms with van der Waals surface area (Å²) in [6.07, 6.45) is 0.721. The third-order valence-electron chi connectivity index (χ3n) is 3.75. The molecule has 0 spiro atoms. The van der Waals surface area contributed by atoms with E-state index in [1.165, 1.54) is 6.92 Å². The molecule has 136 valence electrons. The summed E-state index contributed by atoms with van der Waals surface area (Å²) >= 11 is 0. The van der Waals surface area contributed by atoms with Gasteiger partial charge in [-0.05, 0) is 55.8 Å². The van der Waals surface area contributed by atoms with Crippen LogP contribution in [-0.2, 0) is 4.74 Å². The fourth-order valence-corrected chi connectivity index (χ4v) is 2.31. The third kappa shape index (κ3) is 5.53. The lowest BCUT2D eigenvalue weighted by Crippen LogP contribution is -2.25. The summed E-state index contributed by atoms with van der Waals surface area (Å²) in [4.78, 5) is 35.8. The van der Waals surface area contributed by atoms with Crippen molar-refractivity contribution in [1.29, 1.82) is 0 Å². The van der Waals surface area contributed by atoms with Crippen LogP contribution in [0.4, 0.5) is 5.69 Å². The molecule has 0 saturated heterocycles. The maximum absolute atomic E-state index is 12.4. The van der Waals surface area contributed by atoms with Gasteiger partial charge in [0.25, 0.3) is 11.8 Å². The van der Waals surface area contributed by atoms with Crippen LogP contribution in [0.15, 0.2) is 48.5 Å². The smallest absolute Gasteiger partial charge is 0.255 e. The molecule has 0 fully saturated rings. The van der Waals surface area contributed by atoms with Gasteiger partial charge in [0.15, 0.2) is 5.78 Å². The van der Waals surface area contributed by atoms with Crippen molar-refractivity contribution in [2.45, 2.75) is 13.3 Å². The van der Waals surface area contributed by atoms with Crippen LogP contribution in [0.2, 0.25) is 0 Å². The second kappa shape index (κ2) is 9.48. The van der Waals surface area contributed by atoms with Gasteiger partial charge in [0, 0.05) is 42.6 Å². The number of hydrogen-bond acceptors (Lipinski definition) is 4. The molecule has 6 nitrogen and oxygen atoms in total. The van der Waals surface area contributed by atoms with Gasteiger partial charge in [-0.1, -0.05) is 6.07 Å². The highest BCUT2D eigenvalue weighted by Crippen LogP contribution is 2.13. The quantitative estimate of drug-likeness (QED) is 0.564. The number of ketones is 1. The van der Waals surface area contributed by atoms with E-state index >= 15 is 0 Å². The molecular formula is C20H22N2O4. The second-order valence-corrected chi connectivity index (χ2v) is 5.77. The molecule has 2 aromatic carbocycles. The summed E-state index contributed by atoms with van der Waals surface area (Å²) in [6.45, 7) is 2.57. The standard InChI is InChI=1S/C20H22N2O4/c1-14(23)15-7-9-18(10-8-15)22-20(25)17-6-3-5-16(13-17)19(24)21-11-4-12-26-2/h3,5-10,13H,4,11-12H2,1-2H3,(H,21,24)(H,22,25). The van der Waals surface area contributed by atoms with Crippen LogP contribution >= 0.6 is 0 Å². The van der Waals surface area contributed by atoms with Crippen LogP contribution in [0.3, 0.4) is 0 Å². The number of hydrogen-bond donors (Lipinski definition) is 2. The number of anilines is 1. The predicted octanol–water partition coefficient (Wildman–Crippen LogP) is 2.91. The average molecular weight is 354 g/mol. The van der Waals surface area contributed by atoms with E-state index in [9.17, 15) is 14.4 Å². The largest absolute Gasteiger partial charge is 0.385 e. The van der Waals surface area contributed by atoms with Crippen molar-refractivity contribution >= 4 is 23.3 Å². The van der Waals surface area contributed by atoms with Crippen molar-refractivity contribution in [2.75, 3.05) is 25.6 Å². The first kappa shape index (κ1) is 19.3. The Morgan fingerprint density at radius 1 is 0.923 bits per heavy atom. The summed E-state index contributed by atoms with van der Waals surface area (Å²) in [6, 6.07) is 13.2. The van der Waals surface area contributed by atoms with E-state index in [1.54, 1.807) is 55.6 Å². The van der Waals surface area contributed by atoms with E-state index in [1.807, 2.05) is 0 Å². The van der Waals surface area contributed by atoms with E-state index in [2.05, 4.69) is 10.6 Å². The lowest BCUT2D eigenvalue weighted by atomic mass is 10.1. The Morgan fingerprint density at radius 3 is 2.19 bits per heavy atom. The van der Waals surface area contributed by atoms with Gasteiger partial charge in [0.1, 0.15) is 0 Å². The van der Waals surface area contributed by atoms with E-state index < -0.39 is 0 Å². The molecule has 0 bridgehead atoms. The fourth-order valence-electron chi connectivity index (χ4n) is 2.31. The van der Waals surface area contributed by atoms with Gasteiger partial charge in [-0.15, -0.1) is 0 Å². The first-order valence-electron chi connectivity index (χ1n) is 8.31. The first-order chi connectivity index (χ1) is 12.5. The van der Waals surface area contributed by atoms with Crippen molar-refractivity contribution in [3.63, 3.8) is 0 Å². The highest BCUT2D eigenvalue weighted by atomic mass is 16.5. The van der Waals surface area contributed by atoms with Crippen molar-refractivity contribution < 1.29 is 19.1 Å². The summed E-state index contributed by atoms with van der Waals surface area (Å²) in [5.41, 5.74) is 1.96. The predicted molar refractivity (Wildman–Crippen MR) is 99.7 cm³/mol. The van der Waals surface area contributed by atoms with E-state index in [-0.39, 0.29) is 17.6 Å². The number of carbonyl (C=O) groups is 3. The zero-order valence-corrected chi connectivity index (χ0v) is 14.9. The Bertz CT molecular complexity index is 785.